The second-order valence-electron chi connectivity index (χ2n) is 10.7. The summed E-state index contributed by atoms with van der Waals surface area (Å²) in [6, 6.07) is 0. The molecule has 0 saturated carbocycles. The minimum absolute atomic E-state index is 0.238. The van der Waals surface area contributed by atoms with E-state index in [1.165, 1.54) is 103 Å². The first-order chi connectivity index (χ1) is 16.5. The Morgan fingerprint density at radius 2 is 0.735 bits per heavy atom. The Bertz CT molecular complexity index is 448. The van der Waals surface area contributed by atoms with Gasteiger partial charge in [-0.15, -0.1) is 0 Å². The van der Waals surface area contributed by atoms with Crippen LogP contribution in [0.1, 0.15) is 174 Å². The normalized spacial score (nSPS) is 11.7. The fraction of sp³-hybridized carbons (Fsp3) is 0.933. The molecule has 0 aliphatic rings. The van der Waals surface area contributed by atoms with E-state index in [1.807, 2.05) is 0 Å². The van der Waals surface area contributed by atoms with Crippen molar-refractivity contribution in [3.05, 3.63) is 0 Å². The van der Waals surface area contributed by atoms with Gasteiger partial charge in [0.1, 0.15) is 0 Å². The largest absolute Gasteiger partial charge is 0.481 e. The molecule has 34 heavy (non-hydrogen) atoms. The minimum atomic E-state index is -1.08. The van der Waals surface area contributed by atoms with Crippen LogP contribution in [0.15, 0.2) is 0 Å². The second kappa shape index (κ2) is 23.7. The number of rotatable bonds is 27. The molecule has 0 aromatic rings. The molecular formula is C30H58O4. The van der Waals surface area contributed by atoms with Crippen LogP contribution in [0.25, 0.3) is 0 Å². The standard InChI is InChI=1S/C30H58O4/c1-3-5-7-9-11-13-15-17-19-21-23-25-30(29(33)34,27-28(31)32)26-24-22-20-18-16-14-12-10-8-6-4-2/h3-27H2,1-2H3,(H,31,32)(H,33,34). The van der Waals surface area contributed by atoms with Crippen LogP contribution < -0.4 is 0 Å². The molecule has 0 aliphatic carbocycles. The molecule has 4 nitrogen and oxygen atoms in total. The van der Waals surface area contributed by atoms with Gasteiger partial charge in [0.2, 0.25) is 0 Å². The number of hydrogen-bond donors (Lipinski definition) is 2. The number of carboxylic acid groups (broad SMARTS) is 2. The van der Waals surface area contributed by atoms with Crippen molar-refractivity contribution in [3.63, 3.8) is 0 Å². The lowest BCUT2D eigenvalue weighted by Gasteiger charge is -2.28. The molecule has 0 radical (unpaired) electrons. The molecule has 0 heterocycles. The molecule has 0 rings (SSSR count). The first-order valence-electron chi connectivity index (χ1n) is 14.9. The summed E-state index contributed by atoms with van der Waals surface area (Å²) in [4.78, 5) is 23.6. The van der Waals surface area contributed by atoms with E-state index >= 15 is 0 Å². The molecule has 0 atom stereocenters. The number of unbranched alkanes of at least 4 members (excludes halogenated alkanes) is 20. The van der Waals surface area contributed by atoms with Gasteiger partial charge in [-0.25, -0.2) is 0 Å². The van der Waals surface area contributed by atoms with Crippen molar-refractivity contribution >= 4 is 11.9 Å². The van der Waals surface area contributed by atoms with Crippen molar-refractivity contribution in [2.24, 2.45) is 5.41 Å². The quantitative estimate of drug-likeness (QED) is 0.114. The topological polar surface area (TPSA) is 74.6 Å². The van der Waals surface area contributed by atoms with Crippen molar-refractivity contribution < 1.29 is 19.8 Å². The molecule has 202 valence electrons. The predicted octanol–water partition coefficient (Wildman–Crippen LogP) is 9.93. The van der Waals surface area contributed by atoms with Gasteiger partial charge in [-0.1, -0.05) is 155 Å². The van der Waals surface area contributed by atoms with Crippen LogP contribution in [-0.2, 0) is 9.59 Å². The van der Waals surface area contributed by atoms with Gasteiger partial charge >= 0.3 is 11.9 Å². The fourth-order valence-electron chi connectivity index (χ4n) is 5.14. The van der Waals surface area contributed by atoms with Crippen LogP contribution in [0, 0.1) is 5.41 Å². The van der Waals surface area contributed by atoms with E-state index in [-0.39, 0.29) is 6.42 Å². The SMILES string of the molecule is CCCCCCCCCCCCCC(CCCCCCCCCCCCC)(CC(=O)O)C(=O)O. The lowest BCUT2D eigenvalue weighted by atomic mass is 9.75. The van der Waals surface area contributed by atoms with Crippen LogP contribution in [0.4, 0.5) is 0 Å². The molecular weight excluding hydrogens is 424 g/mol. The van der Waals surface area contributed by atoms with Gasteiger partial charge in [-0.05, 0) is 12.8 Å². The van der Waals surface area contributed by atoms with Crippen molar-refractivity contribution in [2.75, 3.05) is 0 Å². The van der Waals surface area contributed by atoms with Crippen molar-refractivity contribution in [2.45, 2.75) is 174 Å². The van der Waals surface area contributed by atoms with Gasteiger partial charge in [-0.3, -0.25) is 9.59 Å². The molecule has 0 aliphatic heterocycles. The summed E-state index contributed by atoms with van der Waals surface area (Å²) in [5.74, 6) is -1.89. The zero-order valence-corrected chi connectivity index (χ0v) is 22.9. The van der Waals surface area contributed by atoms with Crippen molar-refractivity contribution in [3.8, 4) is 0 Å². The molecule has 0 saturated heterocycles. The third-order valence-corrected chi connectivity index (χ3v) is 7.46. The van der Waals surface area contributed by atoms with E-state index in [1.54, 1.807) is 0 Å². The molecule has 2 N–H and O–H groups in total. The summed E-state index contributed by atoms with van der Waals surface area (Å²) >= 11 is 0. The smallest absolute Gasteiger partial charge is 0.310 e. The Morgan fingerprint density at radius 3 is 0.971 bits per heavy atom. The van der Waals surface area contributed by atoms with Gasteiger partial charge < -0.3 is 10.2 Å². The summed E-state index contributed by atoms with van der Waals surface area (Å²) in [7, 11) is 0. The highest BCUT2D eigenvalue weighted by Crippen LogP contribution is 2.36. The maximum atomic E-state index is 12.1. The average Bonchev–Trinajstić information content (AvgIpc) is 2.80. The molecule has 0 aromatic heterocycles. The van der Waals surface area contributed by atoms with Gasteiger partial charge in [0.15, 0.2) is 0 Å². The third-order valence-electron chi connectivity index (χ3n) is 7.46. The summed E-state index contributed by atoms with van der Waals surface area (Å²) in [5.41, 5.74) is -1.08. The fourth-order valence-corrected chi connectivity index (χ4v) is 5.14. The summed E-state index contributed by atoms with van der Waals surface area (Å²) in [6.07, 6.45) is 27.7. The van der Waals surface area contributed by atoms with E-state index < -0.39 is 17.4 Å². The van der Waals surface area contributed by atoms with Crippen LogP contribution >= 0.6 is 0 Å². The Labute approximate surface area is 211 Å². The monoisotopic (exact) mass is 482 g/mol. The van der Waals surface area contributed by atoms with Crippen LogP contribution in [-0.4, -0.2) is 22.2 Å². The zero-order chi connectivity index (χ0) is 25.3. The molecule has 0 unspecified atom stereocenters. The summed E-state index contributed by atoms with van der Waals surface area (Å²) in [6.45, 7) is 4.49. The van der Waals surface area contributed by atoms with Crippen molar-refractivity contribution in [1.29, 1.82) is 0 Å². The number of hydrogen-bond acceptors (Lipinski definition) is 2. The zero-order valence-electron chi connectivity index (χ0n) is 22.9. The maximum Gasteiger partial charge on any atom is 0.310 e. The van der Waals surface area contributed by atoms with Gasteiger partial charge in [-0.2, -0.15) is 0 Å². The molecule has 4 heteroatoms. The van der Waals surface area contributed by atoms with Crippen LogP contribution in [0.5, 0.6) is 0 Å². The van der Waals surface area contributed by atoms with E-state index in [9.17, 15) is 19.8 Å². The lowest BCUT2D eigenvalue weighted by Crippen LogP contribution is -2.33. The van der Waals surface area contributed by atoms with E-state index in [4.69, 9.17) is 0 Å². The molecule has 0 aromatic carbocycles. The summed E-state index contributed by atoms with van der Waals surface area (Å²) in [5, 5.41) is 19.3. The molecule has 0 fully saturated rings. The highest BCUT2D eigenvalue weighted by molar-refractivity contribution is 5.81. The molecule has 0 bridgehead atoms. The second-order valence-corrected chi connectivity index (χ2v) is 10.7. The van der Waals surface area contributed by atoms with Crippen LogP contribution in [0.3, 0.4) is 0 Å². The van der Waals surface area contributed by atoms with Gasteiger partial charge in [0.05, 0.1) is 11.8 Å². The van der Waals surface area contributed by atoms with E-state index in [0.29, 0.717) is 12.8 Å². The van der Waals surface area contributed by atoms with E-state index in [0.717, 1.165) is 38.5 Å². The average molecular weight is 483 g/mol. The van der Waals surface area contributed by atoms with Crippen LogP contribution in [0.2, 0.25) is 0 Å². The highest BCUT2D eigenvalue weighted by Gasteiger charge is 2.39. The van der Waals surface area contributed by atoms with E-state index in [2.05, 4.69) is 13.8 Å². The third kappa shape index (κ3) is 19.3. The van der Waals surface area contributed by atoms with Gasteiger partial charge in [0.25, 0.3) is 0 Å². The van der Waals surface area contributed by atoms with Gasteiger partial charge in [0, 0.05) is 0 Å². The molecule has 0 amide bonds. The Balaban J connectivity index is 4.07. The highest BCUT2D eigenvalue weighted by atomic mass is 16.4. The number of carbonyl (C=O) groups is 2. The predicted molar refractivity (Wildman–Crippen MR) is 144 cm³/mol. The number of aliphatic carboxylic acids is 2. The first-order valence-corrected chi connectivity index (χ1v) is 14.9. The van der Waals surface area contributed by atoms with Crippen molar-refractivity contribution in [1.82, 2.24) is 0 Å². The number of carboxylic acids is 2. The molecule has 0 spiro atoms. The Hall–Kier alpha value is -1.06. The minimum Gasteiger partial charge on any atom is -0.481 e. The maximum absolute atomic E-state index is 12.1. The lowest BCUT2D eigenvalue weighted by molar-refractivity contribution is -0.157. The Morgan fingerprint density at radius 1 is 0.471 bits per heavy atom. The summed E-state index contributed by atoms with van der Waals surface area (Å²) < 4.78 is 0. The Kier molecular flexibility index (Phi) is 22.9. The first kappa shape index (κ1) is 32.9.